The van der Waals surface area contributed by atoms with Crippen LogP contribution >= 0.6 is 0 Å². The maximum absolute atomic E-state index is 9.40. The molecule has 0 amide bonds. The molecule has 5 heteroatoms. The Morgan fingerprint density at radius 1 is 1.19 bits per heavy atom. The number of hydrogen-bond acceptors (Lipinski definition) is 4. The summed E-state index contributed by atoms with van der Waals surface area (Å²) in [6, 6.07) is 12.0. The molecule has 0 aliphatic heterocycles. The van der Waals surface area contributed by atoms with Crippen molar-refractivity contribution < 1.29 is 4.74 Å². The van der Waals surface area contributed by atoms with Gasteiger partial charge in [0.2, 0.25) is 0 Å². The molecule has 5 nitrogen and oxygen atoms in total. The molecule has 2 aromatic heterocycles. The second-order valence-electron chi connectivity index (χ2n) is 6.71. The SMILES string of the molecule is Cc1c(-c2cnn(CC(C)C)c2)cnc(C#N)c1OCc1ccccc1. The van der Waals surface area contributed by atoms with Crippen LogP contribution in [-0.4, -0.2) is 14.8 Å². The normalized spacial score (nSPS) is 10.7. The summed E-state index contributed by atoms with van der Waals surface area (Å²) in [7, 11) is 0. The average Bonchev–Trinajstić information content (AvgIpc) is 3.08. The van der Waals surface area contributed by atoms with Gasteiger partial charge in [0.1, 0.15) is 12.7 Å². The number of benzene rings is 1. The van der Waals surface area contributed by atoms with E-state index in [1.807, 2.05) is 54.3 Å². The van der Waals surface area contributed by atoms with Gasteiger partial charge in [0.15, 0.2) is 11.4 Å². The second kappa shape index (κ2) is 7.83. The zero-order valence-electron chi connectivity index (χ0n) is 15.3. The van der Waals surface area contributed by atoms with Crippen LogP contribution in [0.1, 0.15) is 30.7 Å². The molecule has 0 aliphatic carbocycles. The smallest absolute Gasteiger partial charge is 0.182 e. The van der Waals surface area contributed by atoms with Crippen LogP contribution in [0.5, 0.6) is 5.75 Å². The predicted molar refractivity (Wildman–Crippen MR) is 101 cm³/mol. The van der Waals surface area contributed by atoms with Gasteiger partial charge >= 0.3 is 0 Å². The molecule has 0 saturated carbocycles. The van der Waals surface area contributed by atoms with Crippen molar-refractivity contribution in [1.82, 2.24) is 14.8 Å². The molecule has 0 spiro atoms. The van der Waals surface area contributed by atoms with E-state index in [2.05, 4.69) is 30.0 Å². The summed E-state index contributed by atoms with van der Waals surface area (Å²) in [5.41, 5.74) is 4.16. The fourth-order valence-electron chi connectivity index (χ4n) is 2.84. The number of ether oxygens (including phenoxy) is 1. The van der Waals surface area contributed by atoms with Gasteiger partial charge in [0, 0.05) is 35.6 Å². The summed E-state index contributed by atoms with van der Waals surface area (Å²) in [5, 5.41) is 13.8. The zero-order chi connectivity index (χ0) is 18.5. The van der Waals surface area contributed by atoms with Crippen LogP contribution in [0, 0.1) is 24.2 Å². The molecule has 0 bridgehead atoms. The van der Waals surface area contributed by atoms with Crippen LogP contribution in [0.2, 0.25) is 0 Å². The Labute approximate surface area is 153 Å². The number of aromatic nitrogens is 3. The summed E-state index contributed by atoms with van der Waals surface area (Å²) >= 11 is 0. The van der Waals surface area contributed by atoms with Crippen molar-refractivity contribution in [2.45, 2.75) is 33.9 Å². The third kappa shape index (κ3) is 3.92. The predicted octanol–water partition coefficient (Wildman–Crippen LogP) is 4.36. The second-order valence-corrected chi connectivity index (χ2v) is 6.71. The van der Waals surface area contributed by atoms with Crippen molar-refractivity contribution in [3.8, 4) is 22.9 Å². The van der Waals surface area contributed by atoms with Crippen molar-refractivity contribution in [1.29, 1.82) is 5.26 Å². The van der Waals surface area contributed by atoms with Crippen molar-refractivity contribution >= 4 is 0 Å². The number of rotatable bonds is 6. The lowest BCUT2D eigenvalue weighted by atomic mass is 10.0. The summed E-state index contributed by atoms with van der Waals surface area (Å²) in [6.45, 7) is 7.53. The van der Waals surface area contributed by atoms with E-state index < -0.39 is 0 Å². The van der Waals surface area contributed by atoms with Crippen LogP contribution in [0.3, 0.4) is 0 Å². The number of hydrogen-bond donors (Lipinski definition) is 0. The Morgan fingerprint density at radius 2 is 1.96 bits per heavy atom. The largest absolute Gasteiger partial charge is 0.486 e. The van der Waals surface area contributed by atoms with Gasteiger partial charge in [-0.1, -0.05) is 44.2 Å². The highest BCUT2D eigenvalue weighted by Gasteiger charge is 2.15. The van der Waals surface area contributed by atoms with E-state index >= 15 is 0 Å². The fraction of sp³-hybridized carbons (Fsp3) is 0.286. The van der Waals surface area contributed by atoms with E-state index in [4.69, 9.17) is 4.74 Å². The standard InChI is InChI=1S/C21H22N4O/c1-15(2)12-25-13-18(10-24-25)19-11-23-20(9-22)21(16(19)3)26-14-17-7-5-4-6-8-17/h4-8,10-11,13,15H,12,14H2,1-3H3. The molecule has 0 unspecified atom stereocenters. The van der Waals surface area contributed by atoms with E-state index in [1.165, 1.54) is 0 Å². The Morgan fingerprint density at radius 3 is 2.65 bits per heavy atom. The van der Waals surface area contributed by atoms with Crippen LogP contribution in [0.4, 0.5) is 0 Å². The lowest BCUT2D eigenvalue weighted by molar-refractivity contribution is 0.302. The number of nitriles is 1. The molecule has 0 saturated heterocycles. The molecule has 0 N–H and O–H groups in total. The average molecular weight is 346 g/mol. The Hall–Kier alpha value is -3.13. The highest BCUT2D eigenvalue weighted by atomic mass is 16.5. The maximum Gasteiger partial charge on any atom is 0.182 e. The van der Waals surface area contributed by atoms with Crippen LogP contribution in [0.25, 0.3) is 11.1 Å². The highest BCUT2D eigenvalue weighted by Crippen LogP contribution is 2.31. The van der Waals surface area contributed by atoms with E-state index in [0.717, 1.165) is 28.8 Å². The maximum atomic E-state index is 9.40. The summed E-state index contributed by atoms with van der Waals surface area (Å²) in [4.78, 5) is 4.29. The third-order valence-corrected chi connectivity index (χ3v) is 4.11. The molecule has 26 heavy (non-hydrogen) atoms. The first-order chi connectivity index (χ1) is 12.6. The Balaban J connectivity index is 1.90. The van der Waals surface area contributed by atoms with Gasteiger partial charge in [-0.3, -0.25) is 4.68 Å². The van der Waals surface area contributed by atoms with Crippen molar-refractivity contribution in [2.24, 2.45) is 5.92 Å². The van der Waals surface area contributed by atoms with Crippen LogP contribution in [-0.2, 0) is 13.2 Å². The highest BCUT2D eigenvalue weighted by molar-refractivity contribution is 5.69. The summed E-state index contributed by atoms with van der Waals surface area (Å²) in [5.74, 6) is 1.05. The fourth-order valence-corrected chi connectivity index (χ4v) is 2.84. The van der Waals surface area contributed by atoms with Gasteiger partial charge < -0.3 is 4.74 Å². The molecule has 0 radical (unpaired) electrons. The molecular weight excluding hydrogens is 324 g/mol. The molecule has 2 heterocycles. The summed E-state index contributed by atoms with van der Waals surface area (Å²) in [6.07, 6.45) is 5.57. The topological polar surface area (TPSA) is 63.7 Å². The van der Waals surface area contributed by atoms with E-state index in [-0.39, 0.29) is 0 Å². The molecule has 3 aromatic rings. The monoisotopic (exact) mass is 346 g/mol. The van der Waals surface area contributed by atoms with E-state index in [1.54, 1.807) is 6.20 Å². The molecule has 3 rings (SSSR count). The van der Waals surface area contributed by atoms with Crippen molar-refractivity contribution in [3.63, 3.8) is 0 Å². The first-order valence-corrected chi connectivity index (χ1v) is 8.67. The first kappa shape index (κ1) is 17.7. The molecule has 1 aromatic carbocycles. The van der Waals surface area contributed by atoms with Gasteiger partial charge in [-0.15, -0.1) is 0 Å². The van der Waals surface area contributed by atoms with Gasteiger partial charge in [0.05, 0.1) is 6.20 Å². The lowest BCUT2D eigenvalue weighted by Crippen LogP contribution is -2.04. The lowest BCUT2D eigenvalue weighted by Gasteiger charge is -2.13. The molecule has 0 aliphatic rings. The molecular formula is C21H22N4O. The molecule has 0 atom stereocenters. The molecule has 132 valence electrons. The quantitative estimate of drug-likeness (QED) is 0.665. The van der Waals surface area contributed by atoms with Gasteiger partial charge in [-0.05, 0) is 18.4 Å². The third-order valence-electron chi connectivity index (χ3n) is 4.11. The van der Waals surface area contributed by atoms with Crippen molar-refractivity contribution in [3.05, 3.63) is 65.7 Å². The van der Waals surface area contributed by atoms with Gasteiger partial charge in [-0.25, -0.2) is 4.98 Å². The zero-order valence-corrected chi connectivity index (χ0v) is 15.3. The minimum Gasteiger partial charge on any atom is -0.486 e. The van der Waals surface area contributed by atoms with Crippen molar-refractivity contribution in [2.75, 3.05) is 0 Å². The Kier molecular flexibility index (Phi) is 5.33. The van der Waals surface area contributed by atoms with E-state index in [0.29, 0.717) is 24.0 Å². The minimum atomic E-state index is 0.303. The van der Waals surface area contributed by atoms with E-state index in [9.17, 15) is 5.26 Å². The van der Waals surface area contributed by atoms with Crippen LogP contribution < -0.4 is 4.74 Å². The number of nitrogens with zero attached hydrogens (tertiary/aromatic N) is 4. The van der Waals surface area contributed by atoms with Gasteiger partial charge in [0.25, 0.3) is 0 Å². The first-order valence-electron chi connectivity index (χ1n) is 8.67. The van der Waals surface area contributed by atoms with Gasteiger partial charge in [-0.2, -0.15) is 10.4 Å². The molecule has 0 fully saturated rings. The number of pyridine rings is 1. The summed E-state index contributed by atoms with van der Waals surface area (Å²) < 4.78 is 7.90. The Bertz CT molecular complexity index is 923. The minimum absolute atomic E-state index is 0.303. The van der Waals surface area contributed by atoms with Crippen LogP contribution in [0.15, 0.2) is 48.9 Å².